The van der Waals surface area contributed by atoms with Gasteiger partial charge in [-0.2, -0.15) is 0 Å². The zero-order valence-electron chi connectivity index (χ0n) is 8.94. The molecule has 1 atom stereocenters. The zero-order chi connectivity index (χ0) is 11.7. The van der Waals surface area contributed by atoms with E-state index in [1.54, 1.807) is 11.0 Å². The lowest BCUT2D eigenvalue weighted by atomic mass is 10.2. The summed E-state index contributed by atoms with van der Waals surface area (Å²) in [6, 6.07) is 5.46. The lowest BCUT2D eigenvalue weighted by molar-refractivity contribution is 0.145. The fourth-order valence-electron chi connectivity index (χ4n) is 1.73. The third-order valence-electron chi connectivity index (χ3n) is 2.67. The number of nitrogens with two attached hydrogens (primary N) is 1. The van der Waals surface area contributed by atoms with E-state index in [2.05, 4.69) is 0 Å². The molecule has 1 fully saturated rings. The average molecular weight is 241 g/mol. The van der Waals surface area contributed by atoms with Gasteiger partial charge in [-0.05, 0) is 24.6 Å². The SMILES string of the molecule is Cc1c(Cl)cccc1N1CC(CN)OC1=O. The Morgan fingerprint density at radius 1 is 1.62 bits per heavy atom. The van der Waals surface area contributed by atoms with Crippen LogP contribution in [0.25, 0.3) is 0 Å². The summed E-state index contributed by atoms with van der Waals surface area (Å²) in [6.45, 7) is 2.69. The van der Waals surface area contributed by atoms with Crippen molar-refractivity contribution in [3.8, 4) is 0 Å². The Morgan fingerprint density at radius 2 is 2.38 bits per heavy atom. The minimum absolute atomic E-state index is 0.231. The average Bonchev–Trinajstić information content (AvgIpc) is 2.64. The molecular formula is C11H13ClN2O2. The van der Waals surface area contributed by atoms with Gasteiger partial charge in [-0.1, -0.05) is 17.7 Å². The number of carbonyl (C=O) groups is 1. The first kappa shape index (κ1) is 11.2. The fourth-order valence-corrected chi connectivity index (χ4v) is 1.90. The summed E-state index contributed by atoms with van der Waals surface area (Å²) in [7, 11) is 0. The number of anilines is 1. The van der Waals surface area contributed by atoms with Gasteiger partial charge in [0, 0.05) is 11.6 Å². The molecule has 1 amide bonds. The normalized spacial score (nSPS) is 20.1. The molecule has 2 rings (SSSR count). The van der Waals surface area contributed by atoms with Crippen LogP contribution in [0.2, 0.25) is 5.02 Å². The third kappa shape index (κ3) is 1.86. The van der Waals surface area contributed by atoms with E-state index in [-0.39, 0.29) is 12.2 Å². The Bertz CT molecular complexity index is 422. The maximum absolute atomic E-state index is 11.6. The molecule has 16 heavy (non-hydrogen) atoms. The summed E-state index contributed by atoms with van der Waals surface area (Å²) in [6.07, 6.45) is -0.591. The Labute approximate surface area is 98.9 Å². The van der Waals surface area contributed by atoms with E-state index in [4.69, 9.17) is 22.1 Å². The predicted octanol–water partition coefficient (Wildman–Crippen LogP) is 1.93. The van der Waals surface area contributed by atoms with Crippen molar-refractivity contribution in [1.29, 1.82) is 0 Å². The second-order valence-corrected chi connectivity index (χ2v) is 4.14. The van der Waals surface area contributed by atoms with Gasteiger partial charge in [0.1, 0.15) is 6.10 Å². The topological polar surface area (TPSA) is 55.6 Å². The zero-order valence-corrected chi connectivity index (χ0v) is 9.70. The van der Waals surface area contributed by atoms with Crippen LogP contribution in [0.1, 0.15) is 5.56 Å². The molecule has 4 nitrogen and oxygen atoms in total. The van der Waals surface area contributed by atoms with Crippen molar-refractivity contribution in [2.45, 2.75) is 13.0 Å². The highest BCUT2D eigenvalue weighted by molar-refractivity contribution is 6.31. The highest BCUT2D eigenvalue weighted by atomic mass is 35.5. The van der Waals surface area contributed by atoms with Gasteiger partial charge < -0.3 is 10.5 Å². The second kappa shape index (κ2) is 4.31. The summed E-state index contributed by atoms with van der Waals surface area (Å²) < 4.78 is 5.09. The number of hydrogen-bond acceptors (Lipinski definition) is 3. The van der Waals surface area contributed by atoms with Crippen molar-refractivity contribution in [2.75, 3.05) is 18.0 Å². The van der Waals surface area contributed by atoms with E-state index in [1.807, 2.05) is 19.1 Å². The molecule has 0 aliphatic carbocycles. The van der Waals surface area contributed by atoms with E-state index in [9.17, 15) is 4.79 Å². The lowest BCUT2D eigenvalue weighted by Crippen LogP contribution is -2.27. The Balaban J connectivity index is 2.31. The van der Waals surface area contributed by atoms with E-state index in [0.717, 1.165) is 11.3 Å². The number of amides is 1. The van der Waals surface area contributed by atoms with Gasteiger partial charge >= 0.3 is 6.09 Å². The van der Waals surface area contributed by atoms with Crippen LogP contribution in [0.15, 0.2) is 18.2 Å². The molecule has 1 aromatic carbocycles. The quantitative estimate of drug-likeness (QED) is 0.860. The van der Waals surface area contributed by atoms with Gasteiger partial charge in [-0.15, -0.1) is 0 Å². The molecule has 0 spiro atoms. The van der Waals surface area contributed by atoms with Gasteiger partial charge in [-0.25, -0.2) is 4.79 Å². The van der Waals surface area contributed by atoms with Crippen molar-refractivity contribution in [3.05, 3.63) is 28.8 Å². The maximum Gasteiger partial charge on any atom is 0.414 e. The number of carbonyl (C=O) groups excluding carboxylic acids is 1. The number of ether oxygens (including phenoxy) is 1. The molecule has 1 aliphatic rings. The van der Waals surface area contributed by atoms with Crippen molar-refractivity contribution < 1.29 is 9.53 Å². The Kier molecular flexibility index (Phi) is 3.03. The van der Waals surface area contributed by atoms with Gasteiger partial charge in [0.2, 0.25) is 0 Å². The molecule has 1 unspecified atom stereocenters. The molecule has 0 bridgehead atoms. The smallest absolute Gasteiger partial charge is 0.414 e. The van der Waals surface area contributed by atoms with Crippen LogP contribution in [-0.4, -0.2) is 25.3 Å². The summed E-state index contributed by atoms with van der Waals surface area (Å²) in [5.74, 6) is 0. The van der Waals surface area contributed by atoms with Crippen molar-refractivity contribution >= 4 is 23.4 Å². The number of cyclic esters (lactones) is 1. The molecule has 5 heteroatoms. The van der Waals surface area contributed by atoms with E-state index in [1.165, 1.54) is 0 Å². The van der Waals surface area contributed by atoms with Crippen LogP contribution >= 0.6 is 11.6 Å². The number of halogens is 1. The molecular weight excluding hydrogens is 228 g/mol. The first-order chi connectivity index (χ1) is 7.63. The molecule has 0 aromatic heterocycles. The lowest BCUT2D eigenvalue weighted by Gasteiger charge is -2.16. The van der Waals surface area contributed by atoms with Crippen molar-refractivity contribution in [1.82, 2.24) is 0 Å². The predicted molar refractivity (Wildman–Crippen MR) is 62.9 cm³/mol. The first-order valence-corrected chi connectivity index (χ1v) is 5.44. The molecule has 1 saturated heterocycles. The minimum atomic E-state index is -0.360. The fraction of sp³-hybridized carbons (Fsp3) is 0.364. The number of benzene rings is 1. The maximum atomic E-state index is 11.6. The van der Waals surface area contributed by atoms with Crippen LogP contribution in [-0.2, 0) is 4.74 Å². The van der Waals surface area contributed by atoms with E-state index < -0.39 is 0 Å². The molecule has 1 aromatic rings. The monoisotopic (exact) mass is 240 g/mol. The highest BCUT2D eigenvalue weighted by Crippen LogP contribution is 2.29. The number of nitrogens with zero attached hydrogens (tertiary/aromatic N) is 1. The largest absolute Gasteiger partial charge is 0.443 e. The molecule has 0 saturated carbocycles. The van der Waals surface area contributed by atoms with Crippen LogP contribution in [0, 0.1) is 6.92 Å². The highest BCUT2D eigenvalue weighted by Gasteiger charge is 2.32. The van der Waals surface area contributed by atoms with E-state index in [0.29, 0.717) is 18.1 Å². The second-order valence-electron chi connectivity index (χ2n) is 3.74. The summed E-state index contributed by atoms with van der Waals surface area (Å²) in [4.78, 5) is 13.2. The Morgan fingerprint density at radius 3 is 3.00 bits per heavy atom. The van der Waals surface area contributed by atoms with Crippen LogP contribution in [0.5, 0.6) is 0 Å². The summed E-state index contributed by atoms with van der Waals surface area (Å²) in [5, 5.41) is 0.640. The summed E-state index contributed by atoms with van der Waals surface area (Å²) >= 11 is 6.01. The van der Waals surface area contributed by atoms with Crippen molar-refractivity contribution in [3.63, 3.8) is 0 Å². The van der Waals surface area contributed by atoms with Crippen molar-refractivity contribution in [2.24, 2.45) is 5.73 Å². The molecule has 1 aliphatic heterocycles. The Hall–Kier alpha value is -1.26. The third-order valence-corrected chi connectivity index (χ3v) is 3.08. The van der Waals surface area contributed by atoms with Gasteiger partial charge in [0.05, 0.1) is 12.2 Å². The molecule has 2 N–H and O–H groups in total. The number of rotatable bonds is 2. The van der Waals surface area contributed by atoms with Gasteiger partial charge in [0.15, 0.2) is 0 Å². The standard InChI is InChI=1S/C11H13ClN2O2/c1-7-9(12)3-2-4-10(7)14-6-8(5-13)16-11(14)15/h2-4,8H,5-6,13H2,1H3. The van der Waals surface area contributed by atoms with Gasteiger partial charge in [-0.3, -0.25) is 4.90 Å². The van der Waals surface area contributed by atoms with E-state index >= 15 is 0 Å². The molecule has 1 heterocycles. The number of hydrogen-bond donors (Lipinski definition) is 1. The van der Waals surface area contributed by atoms with Crippen LogP contribution < -0.4 is 10.6 Å². The molecule has 86 valence electrons. The van der Waals surface area contributed by atoms with Gasteiger partial charge in [0.25, 0.3) is 0 Å². The first-order valence-electron chi connectivity index (χ1n) is 5.07. The van der Waals surface area contributed by atoms with Crippen LogP contribution in [0.4, 0.5) is 10.5 Å². The van der Waals surface area contributed by atoms with Crippen LogP contribution in [0.3, 0.4) is 0 Å². The summed E-state index contributed by atoms with van der Waals surface area (Å²) in [5.41, 5.74) is 7.13. The molecule has 0 radical (unpaired) electrons. The minimum Gasteiger partial charge on any atom is -0.443 e.